The van der Waals surface area contributed by atoms with E-state index >= 15 is 0 Å². The fourth-order valence-corrected chi connectivity index (χ4v) is 3.71. The van der Waals surface area contributed by atoms with Crippen LogP contribution in [-0.2, 0) is 9.63 Å². The van der Waals surface area contributed by atoms with Gasteiger partial charge in [-0.25, -0.2) is 0 Å². The molecule has 2 aromatic rings. The largest absolute Gasteiger partial charge is 0.495 e. The zero-order chi connectivity index (χ0) is 19.5. The van der Waals surface area contributed by atoms with Crippen LogP contribution in [0.4, 0.5) is 5.69 Å². The molecule has 0 N–H and O–H groups in total. The first-order chi connectivity index (χ1) is 13.7. The number of amides is 1. The predicted octanol–water partition coefficient (Wildman–Crippen LogP) is 3.19. The number of carbonyl (C=O) groups excluding carboxylic acids is 1. The molecule has 1 amide bonds. The fraction of sp³-hybridized carbons (Fsp3) is 0.333. The summed E-state index contributed by atoms with van der Waals surface area (Å²) < 4.78 is 5.45. The van der Waals surface area contributed by atoms with Gasteiger partial charge in [-0.2, -0.15) is 0 Å². The monoisotopic (exact) mass is 399 g/mol. The van der Waals surface area contributed by atoms with Crippen LogP contribution in [0.3, 0.4) is 0 Å². The highest BCUT2D eigenvalue weighted by molar-refractivity contribution is 6.30. The summed E-state index contributed by atoms with van der Waals surface area (Å²) >= 11 is 5.93. The minimum absolute atomic E-state index is 0.00705. The number of para-hydroxylation sites is 2. The number of halogens is 1. The van der Waals surface area contributed by atoms with Gasteiger partial charge in [0.2, 0.25) is 6.10 Å². The van der Waals surface area contributed by atoms with Crippen LogP contribution in [0.25, 0.3) is 0 Å². The average molecular weight is 400 g/mol. The highest BCUT2D eigenvalue weighted by Gasteiger charge is 2.34. The number of oxime groups is 1. The molecule has 0 aromatic heterocycles. The van der Waals surface area contributed by atoms with Crippen molar-refractivity contribution in [3.8, 4) is 5.75 Å². The van der Waals surface area contributed by atoms with Gasteiger partial charge in [-0.05, 0) is 29.8 Å². The summed E-state index contributed by atoms with van der Waals surface area (Å²) in [7, 11) is 1.67. The second-order valence-corrected chi connectivity index (χ2v) is 7.26. The number of piperazine rings is 1. The molecular formula is C21H22ClN3O3. The zero-order valence-corrected chi connectivity index (χ0v) is 16.4. The van der Waals surface area contributed by atoms with E-state index < -0.39 is 6.10 Å². The molecule has 1 saturated heterocycles. The van der Waals surface area contributed by atoms with E-state index in [-0.39, 0.29) is 5.91 Å². The first-order valence-corrected chi connectivity index (χ1v) is 9.69. The lowest BCUT2D eigenvalue weighted by Crippen LogP contribution is -2.51. The SMILES string of the molecule is COc1ccccc1N1CCN(C(=O)C2CC(c3ccc(Cl)cc3)=NO2)CC1. The Morgan fingerprint density at radius 2 is 1.82 bits per heavy atom. The van der Waals surface area contributed by atoms with Gasteiger partial charge < -0.3 is 19.4 Å². The lowest BCUT2D eigenvalue weighted by atomic mass is 10.0. The van der Waals surface area contributed by atoms with E-state index in [0.29, 0.717) is 24.5 Å². The van der Waals surface area contributed by atoms with Gasteiger partial charge in [0.25, 0.3) is 5.91 Å². The third kappa shape index (κ3) is 3.78. The predicted molar refractivity (Wildman–Crippen MR) is 109 cm³/mol. The number of methoxy groups -OCH3 is 1. The van der Waals surface area contributed by atoms with Crippen molar-refractivity contribution in [3.63, 3.8) is 0 Å². The molecule has 1 unspecified atom stereocenters. The Morgan fingerprint density at radius 3 is 2.54 bits per heavy atom. The Labute approximate surface area is 169 Å². The summed E-state index contributed by atoms with van der Waals surface area (Å²) in [5.41, 5.74) is 2.77. The molecule has 0 saturated carbocycles. The Kier molecular flexibility index (Phi) is 5.39. The topological polar surface area (TPSA) is 54.4 Å². The van der Waals surface area contributed by atoms with E-state index in [0.717, 1.165) is 35.8 Å². The second kappa shape index (κ2) is 8.10. The Morgan fingerprint density at radius 1 is 1.11 bits per heavy atom. The number of ether oxygens (including phenoxy) is 1. The number of hydrogen-bond acceptors (Lipinski definition) is 5. The van der Waals surface area contributed by atoms with E-state index in [4.69, 9.17) is 21.2 Å². The van der Waals surface area contributed by atoms with Gasteiger partial charge in [-0.15, -0.1) is 0 Å². The minimum Gasteiger partial charge on any atom is -0.495 e. The normalized spacial score (nSPS) is 19.2. The van der Waals surface area contributed by atoms with Crippen molar-refractivity contribution in [2.24, 2.45) is 5.16 Å². The van der Waals surface area contributed by atoms with Crippen molar-refractivity contribution >= 4 is 28.9 Å². The van der Waals surface area contributed by atoms with Crippen LogP contribution in [0.15, 0.2) is 53.7 Å². The Bertz CT molecular complexity index is 877. The van der Waals surface area contributed by atoms with E-state index in [2.05, 4.69) is 10.1 Å². The molecule has 4 rings (SSSR count). The highest BCUT2D eigenvalue weighted by Crippen LogP contribution is 2.29. The van der Waals surface area contributed by atoms with E-state index in [1.54, 1.807) is 7.11 Å². The summed E-state index contributed by atoms with van der Waals surface area (Å²) in [5, 5.41) is 4.79. The van der Waals surface area contributed by atoms with Crippen molar-refractivity contribution < 1.29 is 14.4 Å². The van der Waals surface area contributed by atoms with E-state index in [9.17, 15) is 4.79 Å². The molecule has 146 valence electrons. The minimum atomic E-state index is -0.552. The maximum Gasteiger partial charge on any atom is 0.267 e. The van der Waals surface area contributed by atoms with E-state index in [1.165, 1.54) is 0 Å². The third-order valence-corrected chi connectivity index (χ3v) is 5.39. The Balaban J connectivity index is 1.34. The van der Waals surface area contributed by atoms with Crippen molar-refractivity contribution in [1.82, 2.24) is 4.90 Å². The van der Waals surface area contributed by atoms with Crippen LogP contribution in [0, 0.1) is 0 Å². The molecule has 0 aliphatic carbocycles. The molecular weight excluding hydrogens is 378 g/mol. The lowest BCUT2D eigenvalue weighted by molar-refractivity contribution is -0.142. The quantitative estimate of drug-likeness (QED) is 0.792. The highest BCUT2D eigenvalue weighted by atomic mass is 35.5. The van der Waals surface area contributed by atoms with Crippen molar-refractivity contribution in [2.75, 3.05) is 38.2 Å². The summed E-state index contributed by atoms with van der Waals surface area (Å²) in [6.45, 7) is 2.80. The van der Waals surface area contributed by atoms with Crippen LogP contribution < -0.4 is 9.64 Å². The summed E-state index contributed by atoms with van der Waals surface area (Å²) in [6, 6.07) is 15.4. The van der Waals surface area contributed by atoms with E-state index in [1.807, 2.05) is 53.4 Å². The smallest absolute Gasteiger partial charge is 0.267 e. The number of anilines is 1. The van der Waals surface area contributed by atoms with Gasteiger partial charge >= 0.3 is 0 Å². The molecule has 0 spiro atoms. The van der Waals surface area contributed by atoms with Crippen LogP contribution in [0.2, 0.25) is 5.02 Å². The summed E-state index contributed by atoms with van der Waals surface area (Å²) in [5.74, 6) is 0.842. The van der Waals surface area contributed by atoms with Crippen molar-refractivity contribution in [1.29, 1.82) is 0 Å². The molecule has 0 radical (unpaired) electrons. The van der Waals surface area contributed by atoms with Crippen LogP contribution >= 0.6 is 11.6 Å². The van der Waals surface area contributed by atoms with Gasteiger partial charge in [-0.3, -0.25) is 4.79 Å². The van der Waals surface area contributed by atoms with Gasteiger partial charge in [0.15, 0.2) is 0 Å². The molecule has 2 aliphatic heterocycles. The Hall–Kier alpha value is -2.73. The number of nitrogens with zero attached hydrogens (tertiary/aromatic N) is 3. The second-order valence-electron chi connectivity index (χ2n) is 6.83. The molecule has 28 heavy (non-hydrogen) atoms. The number of carbonyl (C=O) groups is 1. The summed E-state index contributed by atoms with van der Waals surface area (Å²) in [4.78, 5) is 22.4. The molecule has 1 atom stereocenters. The fourth-order valence-electron chi connectivity index (χ4n) is 3.59. The molecule has 0 bridgehead atoms. The standard InChI is InChI=1S/C21H22ClN3O3/c1-27-19-5-3-2-4-18(19)24-10-12-25(13-11-24)21(26)20-14-17(23-28-20)15-6-8-16(22)9-7-15/h2-9,20H,10-14H2,1H3. The van der Waals surface area contributed by atoms with Gasteiger partial charge in [0.05, 0.1) is 18.5 Å². The van der Waals surface area contributed by atoms with Gasteiger partial charge in [0.1, 0.15) is 5.75 Å². The molecule has 7 heteroatoms. The van der Waals surface area contributed by atoms with Crippen LogP contribution in [0.1, 0.15) is 12.0 Å². The molecule has 2 aromatic carbocycles. The zero-order valence-electron chi connectivity index (χ0n) is 15.7. The molecule has 1 fully saturated rings. The number of benzene rings is 2. The van der Waals surface area contributed by atoms with Crippen molar-refractivity contribution in [2.45, 2.75) is 12.5 Å². The lowest BCUT2D eigenvalue weighted by Gasteiger charge is -2.37. The third-order valence-electron chi connectivity index (χ3n) is 5.14. The number of hydrogen-bond donors (Lipinski definition) is 0. The maximum atomic E-state index is 12.9. The van der Waals surface area contributed by atoms with Gasteiger partial charge in [0, 0.05) is 37.6 Å². The molecule has 2 aliphatic rings. The average Bonchev–Trinajstić information content (AvgIpc) is 3.24. The summed E-state index contributed by atoms with van der Waals surface area (Å²) in [6.07, 6.45) is -0.0730. The maximum absolute atomic E-state index is 12.9. The number of rotatable bonds is 4. The van der Waals surface area contributed by atoms with Gasteiger partial charge in [-0.1, -0.05) is 41.0 Å². The van der Waals surface area contributed by atoms with Crippen molar-refractivity contribution in [3.05, 3.63) is 59.1 Å². The first kappa shape index (κ1) is 18.6. The molecule has 2 heterocycles. The van der Waals surface area contributed by atoms with Crippen LogP contribution in [0.5, 0.6) is 5.75 Å². The first-order valence-electron chi connectivity index (χ1n) is 9.31. The van der Waals surface area contributed by atoms with Crippen LogP contribution in [-0.4, -0.2) is 55.9 Å². The molecule has 6 nitrogen and oxygen atoms in total.